The van der Waals surface area contributed by atoms with E-state index in [-0.39, 0.29) is 6.04 Å². The van der Waals surface area contributed by atoms with Gasteiger partial charge in [0.15, 0.2) is 5.11 Å². The predicted octanol–water partition coefficient (Wildman–Crippen LogP) is 4.38. The van der Waals surface area contributed by atoms with Crippen molar-refractivity contribution in [2.75, 3.05) is 6.54 Å². The summed E-state index contributed by atoms with van der Waals surface area (Å²) in [6.07, 6.45) is 1.18. The average Bonchev–Trinajstić information content (AvgIpc) is 2.44. The van der Waals surface area contributed by atoms with Crippen LogP contribution in [0.15, 0.2) is 24.3 Å². The summed E-state index contributed by atoms with van der Waals surface area (Å²) in [5.41, 5.74) is 2.68. The van der Waals surface area contributed by atoms with Crippen LogP contribution in [0.4, 0.5) is 0 Å². The van der Waals surface area contributed by atoms with Crippen LogP contribution in [-0.2, 0) is 0 Å². The number of nitrogens with one attached hydrogen (secondary N) is 2. The monoisotopic (exact) mass is 292 g/mol. The Morgan fingerprint density at radius 3 is 2.10 bits per heavy atom. The minimum absolute atomic E-state index is 0.230. The molecular formula is C17H28N2S. The molecule has 0 fully saturated rings. The van der Waals surface area contributed by atoms with E-state index in [0.29, 0.717) is 11.8 Å². The molecule has 0 aliphatic rings. The Balaban J connectivity index is 2.55. The fourth-order valence-corrected chi connectivity index (χ4v) is 2.24. The molecule has 0 aliphatic heterocycles. The van der Waals surface area contributed by atoms with E-state index < -0.39 is 0 Å². The smallest absolute Gasteiger partial charge is 0.166 e. The van der Waals surface area contributed by atoms with Crippen LogP contribution in [0.2, 0.25) is 0 Å². The third kappa shape index (κ3) is 5.49. The predicted molar refractivity (Wildman–Crippen MR) is 92.1 cm³/mol. The molecule has 0 aromatic heterocycles. The summed E-state index contributed by atoms with van der Waals surface area (Å²) in [7, 11) is 0. The van der Waals surface area contributed by atoms with Crippen LogP contribution in [-0.4, -0.2) is 11.7 Å². The van der Waals surface area contributed by atoms with Crippen LogP contribution < -0.4 is 10.6 Å². The first-order valence-corrected chi connectivity index (χ1v) is 7.99. The van der Waals surface area contributed by atoms with Crippen molar-refractivity contribution in [3.8, 4) is 0 Å². The molecule has 0 aliphatic carbocycles. The molecule has 0 saturated heterocycles. The van der Waals surface area contributed by atoms with Crippen molar-refractivity contribution in [1.29, 1.82) is 0 Å². The van der Waals surface area contributed by atoms with Gasteiger partial charge < -0.3 is 10.6 Å². The highest BCUT2D eigenvalue weighted by Gasteiger charge is 2.08. The Labute approximate surface area is 129 Å². The van der Waals surface area contributed by atoms with E-state index in [1.165, 1.54) is 17.5 Å². The van der Waals surface area contributed by atoms with E-state index in [4.69, 9.17) is 12.2 Å². The zero-order chi connectivity index (χ0) is 15.1. The third-order valence-corrected chi connectivity index (χ3v) is 3.90. The molecule has 1 rings (SSSR count). The molecule has 2 atom stereocenters. The standard InChI is InChI=1S/C17H28N2S/c1-6-13(4)15-7-9-16(10-8-15)14(5)19-17(20)18-11-12(2)3/h7-10,12-14H,6,11H2,1-5H3,(H2,18,19,20). The van der Waals surface area contributed by atoms with E-state index >= 15 is 0 Å². The topological polar surface area (TPSA) is 24.1 Å². The lowest BCUT2D eigenvalue weighted by atomic mass is 9.96. The Bertz CT molecular complexity index is 412. The summed E-state index contributed by atoms with van der Waals surface area (Å²) in [4.78, 5) is 0. The van der Waals surface area contributed by atoms with E-state index in [1.807, 2.05) is 0 Å². The molecule has 0 radical (unpaired) electrons. The molecule has 0 heterocycles. The summed E-state index contributed by atoms with van der Waals surface area (Å²) in [5.74, 6) is 1.22. The Morgan fingerprint density at radius 2 is 1.60 bits per heavy atom. The van der Waals surface area contributed by atoms with Gasteiger partial charge in [-0.1, -0.05) is 52.0 Å². The van der Waals surface area contributed by atoms with Crippen LogP contribution in [0.1, 0.15) is 64.1 Å². The van der Waals surface area contributed by atoms with Gasteiger partial charge in [-0.15, -0.1) is 0 Å². The fourth-order valence-electron chi connectivity index (χ4n) is 1.98. The van der Waals surface area contributed by atoms with Crippen LogP contribution in [0.5, 0.6) is 0 Å². The Morgan fingerprint density at radius 1 is 1.05 bits per heavy atom. The number of hydrogen-bond acceptors (Lipinski definition) is 1. The fraction of sp³-hybridized carbons (Fsp3) is 0.588. The number of benzene rings is 1. The lowest BCUT2D eigenvalue weighted by Crippen LogP contribution is -2.38. The summed E-state index contributed by atoms with van der Waals surface area (Å²) in [6, 6.07) is 9.08. The van der Waals surface area contributed by atoms with Crippen LogP contribution in [0.25, 0.3) is 0 Å². The molecule has 1 aromatic carbocycles. The summed E-state index contributed by atoms with van der Waals surface area (Å²) in [6.45, 7) is 11.9. The second-order valence-electron chi connectivity index (χ2n) is 5.95. The van der Waals surface area contributed by atoms with Gasteiger partial charge in [-0.2, -0.15) is 0 Å². The van der Waals surface area contributed by atoms with Gasteiger partial charge in [0.2, 0.25) is 0 Å². The zero-order valence-electron chi connectivity index (χ0n) is 13.4. The molecule has 1 aromatic rings. The van der Waals surface area contributed by atoms with Gasteiger partial charge in [0.25, 0.3) is 0 Å². The van der Waals surface area contributed by atoms with Crippen molar-refractivity contribution in [2.45, 2.75) is 53.0 Å². The molecule has 0 amide bonds. The lowest BCUT2D eigenvalue weighted by Gasteiger charge is -2.19. The molecule has 0 spiro atoms. The highest BCUT2D eigenvalue weighted by molar-refractivity contribution is 7.80. The number of thiocarbonyl (C=S) groups is 1. The largest absolute Gasteiger partial charge is 0.362 e. The van der Waals surface area contributed by atoms with Crippen molar-refractivity contribution < 1.29 is 0 Å². The second kappa shape index (κ2) is 8.25. The summed E-state index contributed by atoms with van der Waals surface area (Å²) < 4.78 is 0. The first kappa shape index (κ1) is 17.0. The third-order valence-electron chi connectivity index (χ3n) is 3.64. The highest BCUT2D eigenvalue weighted by atomic mass is 32.1. The lowest BCUT2D eigenvalue weighted by molar-refractivity contribution is 0.609. The molecule has 20 heavy (non-hydrogen) atoms. The zero-order valence-corrected chi connectivity index (χ0v) is 14.2. The van der Waals surface area contributed by atoms with Crippen LogP contribution in [0, 0.1) is 5.92 Å². The van der Waals surface area contributed by atoms with E-state index in [0.717, 1.165) is 11.7 Å². The first-order chi connectivity index (χ1) is 9.43. The van der Waals surface area contributed by atoms with Gasteiger partial charge in [0, 0.05) is 6.54 Å². The SMILES string of the molecule is CCC(C)c1ccc(C(C)NC(=S)NCC(C)C)cc1. The molecule has 3 heteroatoms. The molecule has 2 N–H and O–H groups in total. The van der Waals surface area contributed by atoms with Crippen molar-refractivity contribution in [3.05, 3.63) is 35.4 Å². The normalized spacial score (nSPS) is 13.9. The van der Waals surface area contributed by atoms with Crippen LogP contribution >= 0.6 is 12.2 Å². The highest BCUT2D eigenvalue weighted by Crippen LogP contribution is 2.21. The maximum Gasteiger partial charge on any atom is 0.166 e. The summed E-state index contributed by atoms with van der Waals surface area (Å²) >= 11 is 5.31. The van der Waals surface area contributed by atoms with Gasteiger partial charge in [-0.05, 0) is 48.5 Å². The van der Waals surface area contributed by atoms with Gasteiger partial charge in [0.05, 0.1) is 6.04 Å². The summed E-state index contributed by atoms with van der Waals surface area (Å²) in [5, 5.41) is 7.31. The van der Waals surface area contributed by atoms with E-state index in [1.54, 1.807) is 0 Å². The van der Waals surface area contributed by atoms with Crippen molar-refractivity contribution >= 4 is 17.3 Å². The van der Waals surface area contributed by atoms with Gasteiger partial charge in [0.1, 0.15) is 0 Å². The van der Waals surface area contributed by atoms with E-state index in [9.17, 15) is 0 Å². The van der Waals surface area contributed by atoms with Gasteiger partial charge in [-0.25, -0.2) is 0 Å². The van der Waals surface area contributed by atoms with E-state index in [2.05, 4.69) is 69.5 Å². The molecule has 0 saturated carbocycles. The molecule has 2 nitrogen and oxygen atoms in total. The van der Waals surface area contributed by atoms with Crippen LogP contribution in [0.3, 0.4) is 0 Å². The minimum atomic E-state index is 0.230. The maximum atomic E-state index is 5.31. The Kier molecular flexibility index (Phi) is 7.00. The first-order valence-electron chi connectivity index (χ1n) is 7.58. The molecule has 112 valence electrons. The van der Waals surface area contributed by atoms with Crippen molar-refractivity contribution in [1.82, 2.24) is 10.6 Å². The molecule has 2 unspecified atom stereocenters. The number of rotatable bonds is 6. The van der Waals surface area contributed by atoms with Crippen molar-refractivity contribution in [3.63, 3.8) is 0 Å². The van der Waals surface area contributed by atoms with Crippen molar-refractivity contribution in [2.24, 2.45) is 5.92 Å². The maximum absolute atomic E-state index is 5.31. The minimum Gasteiger partial charge on any atom is -0.362 e. The number of hydrogen-bond donors (Lipinski definition) is 2. The second-order valence-corrected chi connectivity index (χ2v) is 6.35. The molecule has 0 bridgehead atoms. The molecular weight excluding hydrogens is 264 g/mol. The van der Waals surface area contributed by atoms with Gasteiger partial charge in [-0.3, -0.25) is 0 Å². The van der Waals surface area contributed by atoms with Gasteiger partial charge >= 0.3 is 0 Å². The quantitative estimate of drug-likeness (QED) is 0.761. The Hall–Kier alpha value is -1.09. The average molecular weight is 292 g/mol.